The number of aromatic nitrogens is 3. The Balaban J connectivity index is 1.74. The molecule has 156 valence electrons. The minimum atomic E-state index is -0.360. The maximum Gasteiger partial charge on any atom is 0.233 e. The topological polar surface area (TPSA) is 94.1 Å². The molecule has 0 bridgehead atoms. The van der Waals surface area contributed by atoms with Gasteiger partial charge < -0.3 is 15.2 Å². The number of likely N-dealkylation sites (tertiary alicyclic amines) is 1. The number of hydrogen-bond acceptors (Lipinski definition) is 5. The molecule has 0 saturated carbocycles. The van der Waals surface area contributed by atoms with Gasteiger partial charge in [-0.3, -0.25) is 9.59 Å². The lowest BCUT2D eigenvalue weighted by Gasteiger charge is -2.31. The van der Waals surface area contributed by atoms with Crippen molar-refractivity contribution in [2.75, 3.05) is 18.8 Å². The number of rotatable bonds is 7. The number of hydrogen-bond donors (Lipinski definition) is 1. The van der Waals surface area contributed by atoms with E-state index in [1.54, 1.807) is 23.1 Å². The number of carbonyl (C=O) groups is 2. The van der Waals surface area contributed by atoms with Gasteiger partial charge in [0.1, 0.15) is 5.82 Å². The van der Waals surface area contributed by atoms with Gasteiger partial charge in [0.05, 0.1) is 17.2 Å². The first-order chi connectivity index (χ1) is 13.9. The van der Waals surface area contributed by atoms with Crippen molar-refractivity contribution in [3.05, 3.63) is 30.1 Å². The molecule has 0 radical (unpaired) electrons. The first kappa shape index (κ1) is 21.3. The van der Waals surface area contributed by atoms with Crippen LogP contribution in [0, 0.1) is 17.7 Å². The van der Waals surface area contributed by atoms with E-state index in [1.165, 1.54) is 17.8 Å². The lowest BCUT2D eigenvalue weighted by atomic mass is 9.97. The molecule has 29 heavy (non-hydrogen) atoms. The summed E-state index contributed by atoms with van der Waals surface area (Å²) < 4.78 is 16.1. The molecular formula is C20H26FN5O2S. The van der Waals surface area contributed by atoms with Gasteiger partial charge in [0, 0.05) is 19.6 Å². The molecule has 0 aliphatic carbocycles. The van der Waals surface area contributed by atoms with Crippen molar-refractivity contribution in [1.82, 2.24) is 19.7 Å². The Morgan fingerprint density at radius 2 is 2.07 bits per heavy atom. The van der Waals surface area contributed by atoms with Crippen molar-refractivity contribution < 1.29 is 14.0 Å². The summed E-state index contributed by atoms with van der Waals surface area (Å²) in [7, 11) is 0. The summed E-state index contributed by atoms with van der Waals surface area (Å²) in [5.74, 6) is -0.130. The zero-order chi connectivity index (χ0) is 21.0. The predicted molar refractivity (Wildman–Crippen MR) is 109 cm³/mol. The summed E-state index contributed by atoms with van der Waals surface area (Å²) >= 11 is 1.28. The molecule has 1 saturated heterocycles. The second-order valence-corrected chi connectivity index (χ2v) is 8.60. The van der Waals surface area contributed by atoms with Gasteiger partial charge in [-0.2, -0.15) is 0 Å². The largest absolute Gasteiger partial charge is 0.369 e. The van der Waals surface area contributed by atoms with E-state index in [1.807, 2.05) is 4.57 Å². The van der Waals surface area contributed by atoms with Crippen LogP contribution in [0.4, 0.5) is 4.39 Å². The molecule has 1 atom stereocenters. The molecule has 7 nitrogen and oxygen atoms in total. The second kappa shape index (κ2) is 9.39. The van der Waals surface area contributed by atoms with E-state index >= 15 is 0 Å². The number of nitrogens with two attached hydrogens (primary N) is 1. The maximum atomic E-state index is 14.3. The third-order valence-corrected chi connectivity index (χ3v) is 5.83. The number of carbonyl (C=O) groups excluding carboxylic acids is 2. The minimum absolute atomic E-state index is 0.0625. The van der Waals surface area contributed by atoms with Gasteiger partial charge in [-0.15, -0.1) is 10.2 Å². The summed E-state index contributed by atoms with van der Waals surface area (Å²) in [6.07, 6.45) is 1.49. The van der Waals surface area contributed by atoms with E-state index in [4.69, 9.17) is 5.73 Å². The first-order valence-electron chi connectivity index (χ1n) is 9.74. The molecule has 1 fully saturated rings. The zero-order valence-corrected chi connectivity index (χ0v) is 17.5. The average Bonchev–Trinajstić information content (AvgIpc) is 3.08. The Hall–Kier alpha value is -2.42. The number of primary amides is 1. The molecule has 1 aromatic heterocycles. The van der Waals surface area contributed by atoms with Gasteiger partial charge in [-0.1, -0.05) is 37.7 Å². The lowest BCUT2D eigenvalue weighted by molar-refractivity contribution is -0.132. The summed E-state index contributed by atoms with van der Waals surface area (Å²) in [6.45, 7) is 5.72. The highest BCUT2D eigenvalue weighted by Crippen LogP contribution is 2.27. The molecule has 1 unspecified atom stereocenters. The van der Waals surface area contributed by atoms with E-state index in [2.05, 4.69) is 24.0 Å². The standard InChI is InChI=1S/C20H26FN5O2S/c1-13(2)10-26-19(15-7-3-4-8-16(15)21)23-24-20(26)29-12-17(27)25-9-5-6-14(11-25)18(22)28/h3-4,7-8,13-14H,5-6,9-12H2,1-2H3,(H2,22,28). The Morgan fingerprint density at radius 3 is 2.76 bits per heavy atom. The Labute approximate surface area is 173 Å². The minimum Gasteiger partial charge on any atom is -0.369 e. The molecule has 3 rings (SSSR count). The summed E-state index contributed by atoms with van der Waals surface area (Å²) in [5.41, 5.74) is 5.78. The number of halogens is 1. The van der Waals surface area contributed by atoms with Crippen LogP contribution in [-0.4, -0.2) is 50.3 Å². The molecule has 2 heterocycles. The second-order valence-electron chi connectivity index (χ2n) is 7.66. The molecule has 0 spiro atoms. The number of nitrogens with zero attached hydrogens (tertiary/aromatic N) is 4. The first-order valence-corrected chi connectivity index (χ1v) is 10.7. The SMILES string of the molecule is CC(C)Cn1c(SCC(=O)N2CCCC(C(N)=O)C2)nnc1-c1ccccc1F. The van der Waals surface area contributed by atoms with Crippen LogP contribution < -0.4 is 5.73 Å². The molecule has 2 amide bonds. The molecule has 1 aliphatic heterocycles. The summed E-state index contributed by atoms with van der Waals surface area (Å²) in [5, 5.41) is 8.98. The van der Waals surface area contributed by atoms with Crippen molar-refractivity contribution in [3.8, 4) is 11.4 Å². The van der Waals surface area contributed by atoms with Crippen LogP contribution in [0.2, 0.25) is 0 Å². The maximum absolute atomic E-state index is 14.3. The fourth-order valence-electron chi connectivity index (χ4n) is 3.42. The third kappa shape index (κ3) is 5.14. The number of amides is 2. The fourth-order valence-corrected chi connectivity index (χ4v) is 4.27. The fraction of sp³-hybridized carbons (Fsp3) is 0.500. The summed E-state index contributed by atoms with van der Waals surface area (Å²) in [6, 6.07) is 6.46. The smallest absolute Gasteiger partial charge is 0.233 e. The van der Waals surface area contributed by atoms with Gasteiger partial charge >= 0.3 is 0 Å². The van der Waals surface area contributed by atoms with E-state index in [0.29, 0.717) is 42.1 Å². The van der Waals surface area contributed by atoms with Crippen LogP contribution in [0.25, 0.3) is 11.4 Å². The van der Waals surface area contributed by atoms with Crippen LogP contribution >= 0.6 is 11.8 Å². The van der Waals surface area contributed by atoms with Gasteiger partial charge in [0.25, 0.3) is 0 Å². The molecule has 9 heteroatoms. The van der Waals surface area contributed by atoms with Crippen molar-refractivity contribution in [2.45, 2.75) is 38.4 Å². The number of benzene rings is 1. The highest BCUT2D eigenvalue weighted by molar-refractivity contribution is 7.99. The van der Waals surface area contributed by atoms with Gasteiger partial charge in [-0.25, -0.2) is 4.39 Å². The lowest BCUT2D eigenvalue weighted by Crippen LogP contribution is -2.44. The Bertz CT molecular complexity index is 886. The molecule has 1 aliphatic rings. The van der Waals surface area contributed by atoms with Crippen LogP contribution in [-0.2, 0) is 16.1 Å². The monoisotopic (exact) mass is 419 g/mol. The van der Waals surface area contributed by atoms with Crippen molar-refractivity contribution in [1.29, 1.82) is 0 Å². The van der Waals surface area contributed by atoms with E-state index in [0.717, 1.165) is 12.8 Å². The highest BCUT2D eigenvalue weighted by atomic mass is 32.2. The number of thioether (sulfide) groups is 1. The summed E-state index contributed by atoms with van der Waals surface area (Å²) in [4.78, 5) is 25.8. The van der Waals surface area contributed by atoms with E-state index in [-0.39, 0.29) is 29.3 Å². The van der Waals surface area contributed by atoms with Crippen molar-refractivity contribution in [2.24, 2.45) is 17.6 Å². The van der Waals surface area contributed by atoms with E-state index in [9.17, 15) is 14.0 Å². The zero-order valence-electron chi connectivity index (χ0n) is 16.7. The van der Waals surface area contributed by atoms with Gasteiger partial charge in [0.15, 0.2) is 11.0 Å². The van der Waals surface area contributed by atoms with Crippen molar-refractivity contribution >= 4 is 23.6 Å². The van der Waals surface area contributed by atoms with Crippen LogP contribution in [0.15, 0.2) is 29.4 Å². The normalized spacial score (nSPS) is 17.0. The van der Waals surface area contributed by atoms with Crippen molar-refractivity contribution in [3.63, 3.8) is 0 Å². The van der Waals surface area contributed by atoms with E-state index < -0.39 is 0 Å². The van der Waals surface area contributed by atoms with Crippen LogP contribution in [0.1, 0.15) is 26.7 Å². The molecular weight excluding hydrogens is 393 g/mol. The van der Waals surface area contributed by atoms with Crippen LogP contribution in [0.3, 0.4) is 0 Å². The highest BCUT2D eigenvalue weighted by Gasteiger charge is 2.27. The predicted octanol–water partition coefficient (Wildman–Crippen LogP) is 2.56. The molecule has 2 aromatic rings. The average molecular weight is 420 g/mol. The molecule has 1 aromatic carbocycles. The van der Waals surface area contributed by atoms with Gasteiger partial charge in [-0.05, 0) is 30.9 Å². The van der Waals surface area contributed by atoms with Crippen LogP contribution in [0.5, 0.6) is 0 Å². The molecule has 2 N–H and O–H groups in total. The van der Waals surface area contributed by atoms with Gasteiger partial charge in [0.2, 0.25) is 11.8 Å². The Morgan fingerprint density at radius 1 is 1.31 bits per heavy atom. The third-order valence-electron chi connectivity index (χ3n) is 4.88. The number of piperidine rings is 1. The Kier molecular flexibility index (Phi) is 6.89. The quantitative estimate of drug-likeness (QED) is 0.696.